The molecule has 2 aromatic rings. The standard InChI is InChI=1S/C22H27N3O3/c1-25(2)21(26)12-11-17-8-4-6-10-19(17)24-22(27)23-15-20-18-9-5-3-7-16(18)13-14-28-20/h3-10,20H,11-15H2,1-2H3,(H2,23,24,27)/t20-/m0/s1. The van der Waals surface area contributed by atoms with Gasteiger partial charge in [0.25, 0.3) is 0 Å². The highest BCUT2D eigenvalue weighted by molar-refractivity contribution is 5.90. The molecule has 0 spiro atoms. The van der Waals surface area contributed by atoms with E-state index < -0.39 is 0 Å². The average molecular weight is 381 g/mol. The number of fused-ring (bicyclic) bond motifs is 1. The molecule has 6 heteroatoms. The second-order valence-corrected chi connectivity index (χ2v) is 7.09. The number of ether oxygens (including phenoxy) is 1. The van der Waals surface area contributed by atoms with Crippen molar-refractivity contribution in [3.05, 3.63) is 65.2 Å². The summed E-state index contributed by atoms with van der Waals surface area (Å²) in [6.07, 6.45) is 1.74. The highest BCUT2D eigenvalue weighted by Crippen LogP contribution is 2.26. The molecular formula is C22H27N3O3. The predicted octanol–water partition coefficient (Wildman–Crippen LogP) is 3.14. The molecule has 0 unspecified atom stereocenters. The normalized spacial score (nSPS) is 15.4. The molecule has 0 aromatic heterocycles. The zero-order valence-electron chi connectivity index (χ0n) is 16.4. The van der Waals surface area contributed by atoms with Gasteiger partial charge in [0.2, 0.25) is 5.91 Å². The van der Waals surface area contributed by atoms with Gasteiger partial charge in [-0.1, -0.05) is 42.5 Å². The molecule has 148 valence electrons. The Balaban J connectivity index is 1.56. The van der Waals surface area contributed by atoms with Crippen LogP contribution in [0.15, 0.2) is 48.5 Å². The van der Waals surface area contributed by atoms with Gasteiger partial charge in [0.05, 0.1) is 6.61 Å². The molecule has 6 nitrogen and oxygen atoms in total. The first kappa shape index (κ1) is 19.9. The predicted molar refractivity (Wildman–Crippen MR) is 109 cm³/mol. The number of rotatable bonds is 6. The van der Waals surface area contributed by atoms with Gasteiger partial charge in [-0.3, -0.25) is 4.79 Å². The molecule has 1 atom stereocenters. The molecule has 3 rings (SSSR count). The summed E-state index contributed by atoms with van der Waals surface area (Å²) < 4.78 is 5.83. The Kier molecular flexibility index (Phi) is 6.66. The second-order valence-electron chi connectivity index (χ2n) is 7.09. The highest BCUT2D eigenvalue weighted by atomic mass is 16.5. The summed E-state index contributed by atoms with van der Waals surface area (Å²) in [4.78, 5) is 25.8. The second kappa shape index (κ2) is 9.37. The molecule has 3 amide bonds. The average Bonchev–Trinajstić information content (AvgIpc) is 2.71. The third-order valence-corrected chi connectivity index (χ3v) is 4.91. The van der Waals surface area contributed by atoms with Crippen LogP contribution in [0.4, 0.5) is 10.5 Å². The van der Waals surface area contributed by atoms with E-state index in [4.69, 9.17) is 4.74 Å². The lowest BCUT2D eigenvalue weighted by atomic mass is 9.98. The van der Waals surface area contributed by atoms with Gasteiger partial charge < -0.3 is 20.3 Å². The van der Waals surface area contributed by atoms with Crippen molar-refractivity contribution < 1.29 is 14.3 Å². The minimum Gasteiger partial charge on any atom is -0.371 e. The summed E-state index contributed by atoms with van der Waals surface area (Å²) in [5.74, 6) is 0.0624. The summed E-state index contributed by atoms with van der Waals surface area (Å²) in [6, 6.07) is 15.5. The van der Waals surface area contributed by atoms with Gasteiger partial charge in [0.15, 0.2) is 0 Å². The van der Waals surface area contributed by atoms with Gasteiger partial charge in [-0.25, -0.2) is 4.79 Å². The molecule has 1 aliphatic rings. The van der Waals surface area contributed by atoms with Crippen molar-refractivity contribution in [2.45, 2.75) is 25.4 Å². The fourth-order valence-electron chi connectivity index (χ4n) is 3.32. The van der Waals surface area contributed by atoms with Crippen molar-refractivity contribution in [1.29, 1.82) is 0 Å². The molecule has 0 radical (unpaired) electrons. The number of carbonyl (C=O) groups excluding carboxylic acids is 2. The van der Waals surface area contributed by atoms with Crippen molar-refractivity contribution in [1.82, 2.24) is 10.2 Å². The molecular weight excluding hydrogens is 354 g/mol. The van der Waals surface area contributed by atoms with E-state index in [0.717, 1.165) is 23.2 Å². The number of nitrogens with one attached hydrogen (secondary N) is 2. The molecule has 28 heavy (non-hydrogen) atoms. The first-order valence-electron chi connectivity index (χ1n) is 9.57. The maximum atomic E-state index is 12.4. The van der Waals surface area contributed by atoms with E-state index in [1.54, 1.807) is 19.0 Å². The lowest BCUT2D eigenvalue weighted by molar-refractivity contribution is -0.128. The first-order valence-corrected chi connectivity index (χ1v) is 9.57. The van der Waals surface area contributed by atoms with Gasteiger partial charge in [0, 0.05) is 32.7 Å². The molecule has 0 saturated heterocycles. The minimum atomic E-state index is -0.280. The molecule has 1 aliphatic heterocycles. The van der Waals surface area contributed by atoms with Crippen LogP contribution in [-0.4, -0.2) is 44.1 Å². The maximum Gasteiger partial charge on any atom is 0.319 e. The fraction of sp³-hybridized carbons (Fsp3) is 0.364. The van der Waals surface area contributed by atoms with Crippen LogP contribution in [0.5, 0.6) is 0 Å². The van der Waals surface area contributed by atoms with Gasteiger partial charge in [-0.05, 0) is 35.6 Å². The van der Waals surface area contributed by atoms with Crippen LogP contribution in [-0.2, 0) is 22.4 Å². The Morgan fingerprint density at radius 2 is 1.86 bits per heavy atom. The van der Waals surface area contributed by atoms with Crippen LogP contribution < -0.4 is 10.6 Å². The SMILES string of the molecule is CN(C)C(=O)CCc1ccccc1NC(=O)NC[C@@H]1OCCc2ccccc21. The van der Waals surface area contributed by atoms with Gasteiger partial charge in [0.1, 0.15) is 6.10 Å². The van der Waals surface area contributed by atoms with Crippen LogP contribution in [0.2, 0.25) is 0 Å². The first-order chi connectivity index (χ1) is 13.5. The quantitative estimate of drug-likeness (QED) is 0.808. The zero-order chi connectivity index (χ0) is 19.9. The fourth-order valence-corrected chi connectivity index (χ4v) is 3.32. The number of anilines is 1. The number of urea groups is 1. The van der Waals surface area contributed by atoms with Crippen molar-refractivity contribution in [2.75, 3.05) is 32.6 Å². The Labute approximate surface area is 165 Å². The molecule has 0 bridgehead atoms. The summed E-state index contributed by atoms with van der Waals surface area (Å²) in [5.41, 5.74) is 4.07. The van der Waals surface area contributed by atoms with E-state index in [2.05, 4.69) is 22.8 Å². The van der Waals surface area contributed by atoms with Crippen LogP contribution in [0.3, 0.4) is 0 Å². The number of aryl methyl sites for hydroxylation is 1. The largest absolute Gasteiger partial charge is 0.371 e. The third-order valence-electron chi connectivity index (χ3n) is 4.91. The van der Waals surface area contributed by atoms with Crippen LogP contribution in [0, 0.1) is 0 Å². The number of benzene rings is 2. The number of hydrogen-bond donors (Lipinski definition) is 2. The van der Waals surface area contributed by atoms with E-state index >= 15 is 0 Å². The Hall–Kier alpha value is -2.86. The molecule has 0 fully saturated rings. The van der Waals surface area contributed by atoms with E-state index in [1.165, 1.54) is 5.56 Å². The summed E-state index contributed by atoms with van der Waals surface area (Å²) in [6.45, 7) is 1.07. The van der Waals surface area contributed by atoms with E-state index in [1.807, 2.05) is 36.4 Å². The van der Waals surface area contributed by atoms with Gasteiger partial charge in [-0.15, -0.1) is 0 Å². The van der Waals surface area contributed by atoms with Crippen LogP contribution in [0.1, 0.15) is 29.2 Å². The Morgan fingerprint density at radius 1 is 1.11 bits per heavy atom. The van der Waals surface area contributed by atoms with E-state index in [9.17, 15) is 9.59 Å². The lowest BCUT2D eigenvalue weighted by Gasteiger charge is -2.26. The molecule has 2 N–H and O–H groups in total. The molecule has 0 saturated carbocycles. The topological polar surface area (TPSA) is 70.7 Å². The minimum absolute atomic E-state index is 0.0624. The number of nitrogens with zero attached hydrogens (tertiary/aromatic N) is 1. The van der Waals surface area contributed by atoms with Crippen molar-refractivity contribution in [2.24, 2.45) is 0 Å². The van der Waals surface area contributed by atoms with Crippen molar-refractivity contribution in [3.63, 3.8) is 0 Å². The van der Waals surface area contributed by atoms with Crippen LogP contribution >= 0.6 is 0 Å². The summed E-state index contributed by atoms with van der Waals surface area (Å²) in [7, 11) is 3.48. The van der Waals surface area contributed by atoms with Crippen LogP contribution in [0.25, 0.3) is 0 Å². The van der Waals surface area contributed by atoms with Crippen molar-refractivity contribution >= 4 is 17.6 Å². The Morgan fingerprint density at radius 3 is 2.68 bits per heavy atom. The highest BCUT2D eigenvalue weighted by Gasteiger charge is 2.21. The molecule has 2 aromatic carbocycles. The smallest absolute Gasteiger partial charge is 0.319 e. The van der Waals surface area contributed by atoms with Crippen molar-refractivity contribution in [3.8, 4) is 0 Å². The number of para-hydroxylation sites is 1. The number of hydrogen-bond acceptors (Lipinski definition) is 3. The van der Waals surface area contributed by atoms with E-state index in [0.29, 0.717) is 26.0 Å². The number of amides is 3. The summed E-state index contributed by atoms with van der Waals surface area (Å²) >= 11 is 0. The Bertz CT molecular complexity index is 835. The summed E-state index contributed by atoms with van der Waals surface area (Å²) in [5, 5.41) is 5.80. The zero-order valence-corrected chi connectivity index (χ0v) is 16.4. The van der Waals surface area contributed by atoms with Gasteiger partial charge >= 0.3 is 6.03 Å². The van der Waals surface area contributed by atoms with E-state index in [-0.39, 0.29) is 18.0 Å². The maximum absolute atomic E-state index is 12.4. The third kappa shape index (κ3) is 5.10. The monoisotopic (exact) mass is 381 g/mol. The number of carbonyl (C=O) groups is 2. The lowest BCUT2D eigenvalue weighted by Crippen LogP contribution is -2.35. The molecule has 1 heterocycles. The molecule has 0 aliphatic carbocycles. The van der Waals surface area contributed by atoms with Gasteiger partial charge in [-0.2, -0.15) is 0 Å².